The molecule has 7 heteroatoms. The van der Waals surface area contributed by atoms with Gasteiger partial charge in [-0.2, -0.15) is 0 Å². The van der Waals surface area contributed by atoms with Crippen molar-refractivity contribution in [2.24, 2.45) is 0 Å². The van der Waals surface area contributed by atoms with Crippen LogP contribution in [-0.4, -0.2) is 41.2 Å². The molecule has 3 N–H and O–H groups in total. The molecular formula is C20H20N4O3. The zero-order valence-corrected chi connectivity index (χ0v) is 15.1. The number of benzene rings is 2. The van der Waals surface area contributed by atoms with Crippen molar-refractivity contribution in [3.63, 3.8) is 0 Å². The summed E-state index contributed by atoms with van der Waals surface area (Å²) in [5, 5.41) is 6.20. The van der Waals surface area contributed by atoms with Gasteiger partial charge >= 0.3 is 0 Å². The van der Waals surface area contributed by atoms with Gasteiger partial charge in [0, 0.05) is 42.4 Å². The largest absolute Gasteiger partial charge is 0.360 e. The smallest absolute Gasteiger partial charge is 0.256 e. The molecule has 0 spiro atoms. The van der Waals surface area contributed by atoms with Crippen LogP contribution in [0.4, 0.5) is 11.4 Å². The Hall–Kier alpha value is -3.61. The van der Waals surface area contributed by atoms with Crippen molar-refractivity contribution in [1.82, 2.24) is 9.88 Å². The van der Waals surface area contributed by atoms with Crippen molar-refractivity contribution in [1.29, 1.82) is 0 Å². The summed E-state index contributed by atoms with van der Waals surface area (Å²) in [7, 11) is 1.58. The Morgan fingerprint density at radius 3 is 2.44 bits per heavy atom. The van der Waals surface area contributed by atoms with E-state index in [-0.39, 0.29) is 24.3 Å². The fourth-order valence-electron chi connectivity index (χ4n) is 2.82. The van der Waals surface area contributed by atoms with E-state index < -0.39 is 0 Å². The molecule has 0 saturated carbocycles. The molecule has 1 heterocycles. The number of nitrogens with zero attached hydrogens (tertiary/aromatic N) is 1. The zero-order chi connectivity index (χ0) is 19.4. The molecule has 0 atom stereocenters. The normalized spacial score (nSPS) is 10.4. The Morgan fingerprint density at radius 2 is 1.70 bits per heavy atom. The minimum Gasteiger partial charge on any atom is -0.360 e. The second-order valence-electron chi connectivity index (χ2n) is 6.22. The number of carbonyl (C=O) groups is 3. The predicted octanol–water partition coefficient (Wildman–Crippen LogP) is 2.84. The maximum atomic E-state index is 12.7. The number of rotatable bonds is 5. The molecule has 0 unspecified atom stereocenters. The Morgan fingerprint density at radius 1 is 1.00 bits per heavy atom. The Balaban J connectivity index is 1.65. The highest BCUT2D eigenvalue weighted by molar-refractivity contribution is 6.08. The second kappa shape index (κ2) is 7.74. The van der Waals surface area contributed by atoms with Crippen molar-refractivity contribution < 1.29 is 14.4 Å². The number of aromatic amines is 1. The summed E-state index contributed by atoms with van der Waals surface area (Å²) < 4.78 is 0. The van der Waals surface area contributed by atoms with Crippen LogP contribution in [0.15, 0.2) is 54.7 Å². The summed E-state index contributed by atoms with van der Waals surface area (Å²) in [6.45, 7) is 1.32. The average Bonchev–Trinajstić information content (AvgIpc) is 3.04. The summed E-state index contributed by atoms with van der Waals surface area (Å²) in [6.07, 6.45) is 1.65. The number of aromatic nitrogens is 1. The summed E-state index contributed by atoms with van der Waals surface area (Å²) in [6, 6.07) is 14.3. The molecule has 3 rings (SSSR count). The first-order valence-electron chi connectivity index (χ1n) is 8.43. The van der Waals surface area contributed by atoms with Crippen LogP contribution < -0.4 is 10.6 Å². The van der Waals surface area contributed by atoms with Gasteiger partial charge in [-0.15, -0.1) is 0 Å². The number of carbonyl (C=O) groups excluding carboxylic acids is 3. The lowest BCUT2D eigenvalue weighted by molar-refractivity contribution is -0.116. The number of hydrogen-bond donors (Lipinski definition) is 3. The minimum absolute atomic E-state index is 0.0945. The van der Waals surface area contributed by atoms with Crippen LogP contribution in [0.3, 0.4) is 0 Å². The standard InChI is InChI=1S/C20H20N4O3/c1-13(25)22-14-6-5-7-15(10-14)23-19(26)12-24(2)20(27)17-11-21-18-9-4-3-8-16(17)18/h3-11,21H,12H2,1-2H3,(H,22,25)(H,23,26). The van der Waals surface area contributed by atoms with Crippen molar-refractivity contribution in [3.8, 4) is 0 Å². The fraction of sp³-hybridized carbons (Fsp3) is 0.150. The van der Waals surface area contributed by atoms with Crippen LogP contribution in [0.2, 0.25) is 0 Å². The summed E-state index contributed by atoms with van der Waals surface area (Å²) >= 11 is 0. The maximum Gasteiger partial charge on any atom is 0.256 e. The molecule has 0 aliphatic heterocycles. The molecule has 0 radical (unpaired) electrons. The van der Waals surface area contributed by atoms with Gasteiger partial charge in [0.05, 0.1) is 12.1 Å². The first-order chi connectivity index (χ1) is 12.9. The lowest BCUT2D eigenvalue weighted by Gasteiger charge is -2.16. The van der Waals surface area contributed by atoms with E-state index in [0.29, 0.717) is 16.9 Å². The van der Waals surface area contributed by atoms with E-state index in [0.717, 1.165) is 10.9 Å². The minimum atomic E-state index is -0.328. The third-order valence-electron chi connectivity index (χ3n) is 4.01. The van der Waals surface area contributed by atoms with Crippen LogP contribution >= 0.6 is 0 Å². The average molecular weight is 364 g/mol. The maximum absolute atomic E-state index is 12.7. The number of fused-ring (bicyclic) bond motifs is 1. The van der Waals surface area contributed by atoms with E-state index in [1.807, 2.05) is 24.3 Å². The van der Waals surface area contributed by atoms with Crippen LogP contribution in [0.25, 0.3) is 10.9 Å². The number of para-hydroxylation sites is 1. The molecule has 27 heavy (non-hydrogen) atoms. The molecule has 0 bridgehead atoms. The van der Waals surface area contributed by atoms with Gasteiger partial charge in [0.1, 0.15) is 0 Å². The summed E-state index contributed by atoms with van der Waals surface area (Å²) in [4.78, 5) is 40.5. The van der Waals surface area contributed by atoms with Gasteiger partial charge in [-0.1, -0.05) is 24.3 Å². The van der Waals surface area contributed by atoms with Crippen LogP contribution in [0.1, 0.15) is 17.3 Å². The number of amides is 3. The monoisotopic (exact) mass is 364 g/mol. The molecule has 7 nitrogen and oxygen atoms in total. The molecule has 138 valence electrons. The third kappa shape index (κ3) is 4.33. The van der Waals surface area contributed by atoms with Gasteiger partial charge in [0.25, 0.3) is 5.91 Å². The molecule has 3 aromatic rings. The number of nitrogens with one attached hydrogen (secondary N) is 3. The van der Waals surface area contributed by atoms with Crippen LogP contribution in [0, 0.1) is 0 Å². The summed E-state index contributed by atoms with van der Waals surface area (Å²) in [5.41, 5.74) is 2.52. The lowest BCUT2D eigenvalue weighted by atomic mass is 10.1. The highest BCUT2D eigenvalue weighted by atomic mass is 16.2. The number of hydrogen-bond acceptors (Lipinski definition) is 3. The van der Waals surface area contributed by atoms with E-state index in [4.69, 9.17) is 0 Å². The van der Waals surface area contributed by atoms with E-state index in [2.05, 4.69) is 15.6 Å². The van der Waals surface area contributed by atoms with Gasteiger partial charge in [0.2, 0.25) is 11.8 Å². The van der Waals surface area contributed by atoms with Gasteiger partial charge in [-0.3, -0.25) is 14.4 Å². The fourth-order valence-corrected chi connectivity index (χ4v) is 2.82. The van der Waals surface area contributed by atoms with E-state index in [1.54, 1.807) is 37.5 Å². The van der Waals surface area contributed by atoms with E-state index in [1.165, 1.54) is 11.8 Å². The first-order valence-corrected chi connectivity index (χ1v) is 8.43. The molecule has 3 amide bonds. The summed E-state index contributed by atoms with van der Waals surface area (Å²) in [5.74, 6) is -0.761. The van der Waals surface area contributed by atoms with Gasteiger partial charge < -0.3 is 20.5 Å². The van der Waals surface area contributed by atoms with Crippen LogP contribution in [0.5, 0.6) is 0 Å². The Labute approximate surface area is 156 Å². The molecule has 0 saturated heterocycles. The SMILES string of the molecule is CC(=O)Nc1cccc(NC(=O)CN(C)C(=O)c2c[nH]c3ccccc23)c1. The van der Waals surface area contributed by atoms with Crippen molar-refractivity contribution in [3.05, 3.63) is 60.3 Å². The van der Waals surface area contributed by atoms with Crippen molar-refractivity contribution in [2.75, 3.05) is 24.2 Å². The highest BCUT2D eigenvalue weighted by Gasteiger charge is 2.18. The van der Waals surface area contributed by atoms with Crippen molar-refractivity contribution >= 4 is 40.0 Å². The second-order valence-corrected chi connectivity index (χ2v) is 6.22. The topological polar surface area (TPSA) is 94.3 Å². The van der Waals surface area contributed by atoms with Crippen LogP contribution in [-0.2, 0) is 9.59 Å². The lowest BCUT2D eigenvalue weighted by Crippen LogP contribution is -2.34. The van der Waals surface area contributed by atoms with E-state index >= 15 is 0 Å². The molecule has 0 aliphatic rings. The van der Waals surface area contributed by atoms with Crippen molar-refractivity contribution in [2.45, 2.75) is 6.92 Å². The highest BCUT2D eigenvalue weighted by Crippen LogP contribution is 2.19. The molecule has 1 aromatic heterocycles. The number of H-pyrrole nitrogens is 1. The zero-order valence-electron chi connectivity index (χ0n) is 15.1. The van der Waals surface area contributed by atoms with Gasteiger partial charge in [0.15, 0.2) is 0 Å². The van der Waals surface area contributed by atoms with E-state index in [9.17, 15) is 14.4 Å². The van der Waals surface area contributed by atoms with Gasteiger partial charge in [-0.25, -0.2) is 0 Å². The Kier molecular flexibility index (Phi) is 5.21. The third-order valence-corrected chi connectivity index (χ3v) is 4.01. The molecule has 0 fully saturated rings. The quantitative estimate of drug-likeness (QED) is 0.650. The first kappa shape index (κ1) is 18.2. The Bertz CT molecular complexity index is 1010. The number of anilines is 2. The molecular weight excluding hydrogens is 344 g/mol. The van der Waals surface area contributed by atoms with Gasteiger partial charge in [-0.05, 0) is 24.3 Å². The predicted molar refractivity (Wildman–Crippen MR) is 105 cm³/mol. The number of likely N-dealkylation sites (N-methyl/N-ethyl adjacent to an activating group) is 1. The molecule has 2 aromatic carbocycles. The molecule has 0 aliphatic carbocycles.